The van der Waals surface area contributed by atoms with Crippen molar-refractivity contribution in [1.29, 1.82) is 0 Å². The van der Waals surface area contributed by atoms with Crippen LogP contribution in [0.4, 0.5) is 0 Å². The van der Waals surface area contributed by atoms with E-state index in [1.54, 1.807) is 0 Å². The predicted molar refractivity (Wildman–Crippen MR) is 72.1 cm³/mol. The number of nitrogens with one attached hydrogen (secondary N) is 1. The van der Waals surface area contributed by atoms with E-state index in [2.05, 4.69) is 36.2 Å². The van der Waals surface area contributed by atoms with Crippen LogP contribution >= 0.6 is 0 Å². The second-order valence-corrected chi connectivity index (χ2v) is 4.41. The first-order chi connectivity index (χ1) is 8.83. The van der Waals surface area contributed by atoms with Crippen molar-refractivity contribution in [1.82, 2.24) is 10.2 Å². The second-order valence-electron chi connectivity index (χ2n) is 4.41. The predicted octanol–water partition coefficient (Wildman–Crippen LogP) is 1.85. The Morgan fingerprint density at radius 3 is 2.83 bits per heavy atom. The summed E-state index contributed by atoms with van der Waals surface area (Å²) in [6, 6.07) is 6.19. The third-order valence-electron chi connectivity index (χ3n) is 3.15. The van der Waals surface area contributed by atoms with Crippen molar-refractivity contribution in [2.75, 3.05) is 33.0 Å². The van der Waals surface area contributed by atoms with E-state index in [0.717, 1.165) is 44.2 Å². The van der Waals surface area contributed by atoms with Crippen LogP contribution < -0.4 is 14.8 Å². The Kier molecular flexibility index (Phi) is 4.84. The van der Waals surface area contributed by atoms with E-state index in [1.807, 2.05) is 6.07 Å². The van der Waals surface area contributed by atoms with Crippen LogP contribution in [0, 0.1) is 0 Å². The van der Waals surface area contributed by atoms with Gasteiger partial charge in [0, 0.05) is 19.6 Å². The summed E-state index contributed by atoms with van der Waals surface area (Å²) in [5, 5.41) is 3.35. The number of rotatable bonds is 7. The van der Waals surface area contributed by atoms with Crippen LogP contribution in [0.5, 0.6) is 11.5 Å². The zero-order valence-corrected chi connectivity index (χ0v) is 11.2. The molecular weight excluding hydrogens is 228 g/mol. The van der Waals surface area contributed by atoms with Gasteiger partial charge in [0.2, 0.25) is 6.79 Å². The van der Waals surface area contributed by atoms with Gasteiger partial charge < -0.3 is 14.8 Å². The molecule has 18 heavy (non-hydrogen) atoms. The Bertz CT molecular complexity index is 382. The fourth-order valence-electron chi connectivity index (χ4n) is 2.06. The summed E-state index contributed by atoms with van der Waals surface area (Å²) in [5.41, 5.74) is 1.28. The van der Waals surface area contributed by atoms with Crippen molar-refractivity contribution in [2.24, 2.45) is 0 Å². The van der Waals surface area contributed by atoms with Crippen molar-refractivity contribution in [3.63, 3.8) is 0 Å². The molecule has 1 heterocycles. The van der Waals surface area contributed by atoms with Crippen molar-refractivity contribution < 1.29 is 9.47 Å². The zero-order chi connectivity index (χ0) is 12.8. The number of fused-ring (bicyclic) bond motifs is 1. The van der Waals surface area contributed by atoms with Gasteiger partial charge in [-0.05, 0) is 30.8 Å². The van der Waals surface area contributed by atoms with Gasteiger partial charge in [0.05, 0.1) is 0 Å². The number of benzene rings is 1. The molecule has 0 saturated carbocycles. The molecule has 0 amide bonds. The number of hydrogen-bond donors (Lipinski definition) is 1. The molecule has 1 aromatic carbocycles. The summed E-state index contributed by atoms with van der Waals surface area (Å²) in [4.78, 5) is 2.42. The minimum atomic E-state index is 0.344. The number of ether oxygens (including phenoxy) is 2. The van der Waals surface area contributed by atoms with E-state index < -0.39 is 0 Å². The zero-order valence-electron chi connectivity index (χ0n) is 11.2. The first kappa shape index (κ1) is 13.2. The van der Waals surface area contributed by atoms with Gasteiger partial charge in [0.1, 0.15) is 0 Å². The molecule has 100 valence electrons. The Hall–Kier alpha value is -1.26. The minimum Gasteiger partial charge on any atom is -0.454 e. The largest absolute Gasteiger partial charge is 0.454 e. The quantitative estimate of drug-likeness (QED) is 0.749. The van der Waals surface area contributed by atoms with Crippen LogP contribution in [-0.2, 0) is 6.54 Å². The summed E-state index contributed by atoms with van der Waals surface area (Å²) >= 11 is 0. The van der Waals surface area contributed by atoms with Crippen LogP contribution in [0.2, 0.25) is 0 Å². The molecule has 0 unspecified atom stereocenters. The lowest BCUT2D eigenvalue weighted by Crippen LogP contribution is -2.31. The number of nitrogens with zero attached hydrogens (tertiary/aromatic N) is 1. The summed E-state index contributed by atoms with van der Waals surface area (Å²) in [6.45, 7) is 9.82. The van der Waals surface area contributed by atoms with Gasteiger partial charge in [-0.25, -0.2) is 0 Å². The SMILES string of the molecule is CCNCCN(CC)Cc1ccc2c(c1)OCO2. The van der Waals surface area contributed by atoms with Crippen molar-refractivity contribution in [3.8, 4) is 11.5 Å². The molecule has 1 aliphatic heterocycles. The highest BCUT2D eigenvalue weighted by Gasteiger charge is 2.14. The summed E-state index contributed by atoms with van der Waals surface area (Å²) in [5.74, 6) is 1.73. The molecule has 4 nitrogen and oxygen atoms in total. The Morgan fingerprint density at radius 2 is 2.06 bits per heavy atom. The van der Waals surface area contributed by atoms with Crippen molar-refractivity contribution >= 4 is 0 Å². The molecule has 1 N–H and O–H groups in total. The molecule has 0 radical (unpaired) electrons. The van der Waals surface area contributed by atoms with E-state index in [4.69, 9.17) is 9.47 Å². The molecule has 0 spiro atoms. The second kappa shape index (κ2) is 6.61. The van der Waals surface area contributed by atoms with Gasteiger partial charge >= 0.3 is 0 Å². The smallest absolute Gasteiger partial charge is 0.231 e. The number of hydrogen-bond acceptors (Lipinski definition) is 4. The molecule has 0 bridgehead atoms. The molecule has 0 saturated heterocycles. The molecule has 1 aromatic rings. The maximum absolute atomic E-state index is 5.40. The molecule has 0 fully saturated rings. The van der Waals surface area contributed by atoms with E-state index in [1.165, 1.54) is 5.56 Å². The molecule has 2 rings (SSSR count). The van der Waals surface area contributed by atoms with Crippen molar-refractivity contribution in [2.45, 2.75) is 20.4 Å². The third-order valence-corrected chi connectivity index (χ3v) is 3.15. The van der Waals surface area contributed by atoms with E-state index >= 15 is 0 Å². The standard InChI is InChI=1S/C14H22N2O2/c1-3-15-7-8-16(4-2)10-12-5-6-13-14(9-12)18-11-17-13/h5-6,9,15H,3-4,7-8,10-11H2,1-2H3. The lowest BCUT2D eigenvalue weighted by Gasteiger charge is -2.20. The monoisotopic (exact) mass is 250 g/mol. The Morgan fingerprint density at radius 1 is 1.22 bits per heavy atom. The number of likely N-dealkylation sites (N-methyl/N-ethyl adjacent to an activating group) is 2. The topological polar surface area (TPSA) is 33.7 Å². The first-order valence-electron chi connectivity index (χ1n) is 6.65. The van der Waals surface area contributed by atoms with Crippen LogP contribution in [0.3, 0.4) is 0 Å². The van der Waals surface area contributed by atoms with Gasteiger partial charge in [0.25, 0.3) is 0 Å². The van der Waals surface area contributed by atoms with Gasteiger partial charge in [-0.3, -0.25) is 4.90 Å². The van der Waals surface area contributed by atoms with Crippen LogP contribution in [-0.4, -0.2) is 37.9 Å². The maximum Gasteiger partial charge on any atom is 0.231 e. The summed E-state index contributed by atoms with van der Waals surface area (Å²) in [6.07, 6.45) is 0. The molecule has 4 heteroatoms. The van der Waals surface area contributed by atoms with E-state index in [-0.39, 0.29) is 0 Å². The van der Waals surface area contributed by atoms with Crippen LogP contribution in [0.25, 0.3) is 0 Å². The molecule has 0 atom stereocenters. The van der Waals surface area contributed by atoms with E-state index in [0.29, 0.717) is 6.79 Å². The minimum absolute atomic E-state index is 0.344. The molecular formula is C14H22N2O2. The van der Waals surface area contributed by atoms with Crippen molar-refractivity contribution in [3.05, 3.63) is 23.8 Å². The maximum atomic E-state index is 5.40. The first-order valence-corrected chi connectivity index (χ1v) is 6.65. The average molecular weight is 250 g/mol. The molecule has 0 aromatic heterocycles. The van der Waals surface area contributed by atoms with Gasteiger partial charge in [-0.15, -0.1) is 0 Å². The fourth-order valence-corrected chi connectivity index (χ4v) is 2.06. The van der Waals surface area contributed by atoms with E-state index in [9.17, 15) is 0 Å². The Balaban J connectivity index is 1.90. The lowest BCUT2D eigenvalue weighted by molar-refractivity contribution is 0.174. The highest BCUT2D eigenvalue weighted by molar-refractivity contribution is 5.44. The fraction of sp³-hybridized carbons (Fsp3) is 0.571. The van der Waals surface area contributed by atoms with Gasteiger partial charge in [0.15, 0.2) is 11.5 Å². The highest BCUT2D eigenvalue weighted by atomic mass is 16.7. The Labute approximate surface area is 109 Å². The van der Waals surface area contributed by atoms with Gasteiger partial charge in [-0.2, -0.15) is 0 Å². The van der Waals surface area contributed by atoms with Crippen LogP contribution in [0.1, 0.15) is 19.4 Å². The summed E-state index contributed by atoms with van der Waals surface area (Å²) < 4.78 is 10.7. The van der Waals surface area contributed by atoms with Crippen LogP contribution in [0.15, 0.2) is 18.2 Å². The summed E-state index contributed by atoms with van der Waals surface area (Å²) in [7, 11) is 0. The van der Waals surface area contributed by atoms with Gasteiger partial charge in [-0.1, -0.05) is 19.9 Å². The molecule has 1 aliphatic rings. The molecule has 0 aliphatic carbocycles. The third kappa shape index (κ3) is 3.37. The normalized spacial score (nSPS) is 13.3. The lowest BCUT2D eigenvalue weighted by atomic mass is 10.2. The highest BCUT2D eigenvalue weighted by Crippen LogP contribution is 2.32. The average Bonchev–Trinajstić information content (AvgIpc) is 2.85.